The molecule has 5 nitrogen and oxygen atoms in total. The first kappa shape index (κ1) is 18.2. The normalized spacial score (nSPS) is 15.3. The predicted molar refractivity (Wildman–Crippen MR) is 104 cm³/mol. The van der Waals surface area contributed by atoms with Crippen LogP contribution >= 0.6 is 0 Å². The Balaban J connectivity index is 1.63. The van der Waals surface area contributed by atoms with E-state index in [-0.39, 0.29) is 5.82 Å². The monoisotopic (exact) mass is 355 g/mol. The highest BCUT2D eigenvalue weighted by molar-refractivity contribution is 5.80. The summed E-state index contributed by atoms with van der Waals surface area (Å²) in [6.45, 7) is 8.68. The molecule has 1 fully saturated rings. The number of rotatable bonds is 4. The first-order chi connectivity index (χ1) is 12.7. The van der Waals surface area contributed by atoms with Crippen molar-refractivity contribution in [3.63, 3.8) is 0 Å². The molecule has 2 heterocycles. The summed E-state index contributed by atoms with van der Waals surface area (Å²) < 4.78 is 13.7. The number of benzene rings is 1. The lowest BCUT2D eigenvalue weighted by molar-refractivity contribution is 0.371. The molecule has 1 aliphatic rings. The number of hydrogen-bond donors (Lipinski definition) is 1. The van der Waals surface area contributed by atoms with Crippen molar-refractivity contribution in [1.29, 1.82) is 0 Å². The maximum atomic E-state index is 13.7. The van der Waals surface area contributed by atoms with E-state index in [0.717, 1.165) is 50.1 Å². The molecule has 1 N–H and O–H groups in total. The Morgan fingerprint density at radius 2 is 2.00 bits per heavy atom. The van der Waals surface area contributed by atoms with E-state index in [1.807, 2.05) is 30.5 Å². The summed E-state index contributed by atoms with van der Waals surface area (Å²) in [5.41, 5.74) is 1.55. The zero-order valence-electron chi connectivity index (χ0n) is 15.5. The van der Waals surface area contributed by atoms with E-state index in [1.54, 1.807) is 19.1 Å². The van der Waals surface area contributed by atoms with Gasteiger partial charge in [-0.2, -0.15) is 0 Å². The van der Waals surface area contributed by atoms with E-state index in [4.69, 9.17) is 4.99 Å². The van der Waals surface area contributed by atoms with Gasteiger partial charge in [0.2, 0.25) is 0 Å². The van der Waals surface area contributed by atoms with Crippen molar-refractivity contribution in [2.45, 2.75) is 20.4 Å². The molecule has 2 aromatic rings. The summed E-state index contributed by atoms with van der Waals surface area (Å²) in [5, 5.41) is 3.35. The molecule has 0 saturated carbocycles. The largest absolute Gasteiger partial charge is 0.357 e. The summed E-state index contributed by atoms with van der Waals surface area (Å²) in [6.07, 6.45) is 1.83. The fourth-order valence-electron chi connectivity index (χ4n) is 3.01. The molecule has 1 aliphatic heterocycles. The van der Waals surface area contributed by atoms with Crippen LogP contribution in [0, 0.1) is 12.7 Å². The third-order valence-corrected chi connectivity index (χ3v) is 4.54. The first-order valence-corrected chi connectivity index (χ1v) is 9.11. The smallest absolute Gasteiger partial charge is 0.194 e. The summed E-state index contributed by atoms with van der Waals surface area (Å²) in [6, 6.07) is 11.3. The lowest BCUT2D eigenvalue weighted by Crippen LogP contribution is -2.52. The number of hydrogen-bond acceptors (Lipinski definition) is 3. The molecule has 6 heteroatoms. The highest BCUT2D eigenvalue weighted by Crippen LogP contribution is 2.13. The second-order valence-electron chi connectivity index (χ2n) is 6.42. The number of guanidine groups is 1. The van der Waals surface area contributed by atoms with Gasteiger partial charge in [-0.1, -0.05) is 18.2 Å². The maximum absolute atomic E-state index is 13.7. The van der Waals surface area contributed by atoms with Crippen molar-refractivity contribution in [1.82, 2.24) is 15.2 Å². The van der Waals surface area contributed by atoms with Crippen molar-refractivity contribution in [2.24, 2.45) is 4.99 Å². The Morgan fingerprint density at radius 3 is 2.65 bits per heavy atom. The molecule has 0 unspecified atom stereocenters. The maximum Gasteiger partial charge on any atom is 0.194 e. The molecule has 0 aliphatic carbocycles. The van der Waals surface area contributed by atoms with Crippen molar-refractivity contribution in [2.75, 3.05) is 37.6 Å². The summed E-state index contributed by atoms with van der Waals surface area (Å²) in [5.74, 6) is 1.73. The predicted octanol–water partition coefficient (Wildman–Crippen LogP) is 2.82. The second-order valence-corrected chi connectivity index (χ2v) is 6.42. The van der Waals surface area contributed by atoms with Crippen molar-refractivity contribution in [3.8, 4) is 0 Å². The third-order valence-electron chi connectivity index (χ3n) is 4.54. The van der Waals surface area contributed by atoms with Crippen LogP contribution in [0.15, 0.2) is 47.6 Å². The van der Waals surface area contributed by atoms with Crippen LogP contribution in [0.25, 0.3) is 0 Å². The molecular formula is C20H26FN5. The lowest BCUT2D eigenvalue weighted by Gasteiger charge is -2.37. The first-order valence-electron chi connectivity index (χ1n) is 9.11. The van der Waals surface area contributed by atoms with Gasteiger partial charge < -0.3 is 15.1 Å². The lowest BCUT2D eigenvalue weighted by atomic mass is 10.1. The Kier molecular flexibility index (Phi) is 6.04. The average molecular weight is 355 g/mol. The van der Waals surface area contributed by atoms with Crippen LogP contribution in [0.3, 0.4) is 0 Å². The number of pyridine rings is 1. The molecule has 0 amide bonds. The number of aromatic nitrogens is 1. The van der Waals surface area contributed by atoms with Crippen LogP contribution in [-0.2, 0) is 6.54 Å². The molecule has 0 radical (unpaired) electrons. The molecule has 3 rings (SSSR count). The van der Waals surface area contributed by atoms with Gasteiger partial charge in [0.1, 0.15) is 11.6 Å². The van der Waals surface area contributed by atoms with E-state index in [9.17, 15) is 4.39 Å². The van der Waals surface area contributed by atoms with Crippen molar-refractivity contribution < 1.29 is 4.39 Å². The summed E-state index contributed by atoms with van der Waals surface area (Å²) >= 11 is 0. The Bertz CT molecular complexity index is 739. The molecule has 1 saturated heterocycles. The second kappa shape index (κ2) is 8.65. The van der Waals surface area contributed by atoms with Gasteiger partial charge in [0.05, 0.1) is 6.54 Å². The highest BCUT2D eigenvalue weighted by Gasteiger charge is 2.20. The number of aliphatic imine (C=N–C) groups is 1. The standard InChI is InChI=1S/C20H26FN5/c1-3-22-20(24-15-17-8-7-16(2)18(21)14-17)26-12-10-25(11-13-26)19-6-4-5-9-23-19/h4-9,14H,3,10-13,15H2,1-2H3,(H,22,24). The molecular weight excluding hydrogens is 329 g/mol. The Hall–Kier alpha value is -2.63. The van der Waals surface area contributed by atoms with Gasteiger partial charge in [-0.15, -0.1) is 0 Å². The van der Waals surface area contributed by atoms with Gasteiger partial charge in [0.25, 0.3) is 0 Å². The van der Waals surface area contributed by atoms with Gasteiger partial charge in [-0.3, -0.25) is 0 Å². The van der Waals surface area contributed by atoms with Gasteiger partial charge >= 0.3 is 0 Å². The van der Waals surface area contributed by atoms with Gasteiger partial charge in [-0.25, -0.2) is 14.4 Å². The minimum absolute atomic E-state index is 0.174. The average Bonchev–Trinajstić information content (AvgIpc) is 2.68. The number of nitrogens with zero attached hydrogens (tertiary/aromatic N) is 4. The zero-order chi connectivity index (χ0) is 18.4. The van der Waals surface area contributed by atoms with Crippen molar-refractivity contribution >= 4 is 11.8 Å². The molecule has 0 atom stereocenters. The number of aryl methyl sites for hydroxylation is 1. The third kappa shape index (κ3) is 4.50. The highest BCUT2D eigenvalue weighted by atomic mass is 19.1. The molecule has 1 aromatic carbocycles. The topological polar surface area (TPSA) is 43.8 Å². The van der Waals surface area contributed by atoms with Crippen LogP contribution in [0.1, 0.15) is 18.1 Å². The fraction of sp³-hybridized carbons (Fsp3) is 0.400. The fourth-order valence-corrected chi connectivity index (χ4v) is 3.01. The summed E-state index contributed by atoms with van der Waals surface area (Å²) in [4.78, 5) is 13.7. The van der Waals surface area contributed by atoms with E-state index in [2.05, 4.69) is 27.0 Å². The Morgan fingerprint density at radius 1 is 1.19 bits per heavy atom. The minimum Gasteiger partial charge on any atom is -0.357 e. The van der Waals surface area contributed by atoms with E-state index >= 15 is 0 Å². The zero-order valence-corrected chi connectivity index (χ0v) is 15.5. The van der Waals surface area contributed by atoms with Crippen LogP contribution in [0.4, 0.5) is 10.2 Å². The summed E-state index contributed by atoms with van der Waals surface area (Å²) in [7, 11) is 0. The van der Waals surface area contributed by atoms with Crippen LogP contribution in [-0.4, -0.2) is 48.6 Å². The van der Waals surface area contributed by atoms with Crippen LogP contribution in [0.2, 0.25) is 0 Å². The van der Waals surface area contributed by atoms with Gasteiger partial charge in [0, 0.05) is 38.9 Å². The SMILES string of the molecule is CCNC(=NCc1ccc(C)c(F)c1)N1CCN(c2ccccn2)CC1. The van der Waals surface area contributed by atoms with Gasteiger partial charge in [-0.05, 0) is 43.2 Å². The Labute approximate surface area is 154 Å². The molecule has 26 heavy (non-hydrogen) atoms. The van der Waals surface area contributed by atoms with Gasteiger partial charge in [0.15, 0.2) is 5.96 Å². The quantitative estimate of drug-likeness (QED) is 0.677. The molecule has 0 bridgehead atoms. The van der Waals surface area contributed by atoms with E-state index in [0.29, 0.717) is 12.1 Å². The number of halogens is 1. The van der Waals surface area contributed by atoms with Crippen molar-refractivity contribution in [3.05, 3.63) is 59.5 Å². The van der Waals surface area contributed by atoms with E-state index < -0.39 is 0 Å². The number of anilines is 1. The minimum atomic E-state index is -0.174. The van der Waals surface area contributed by atoms with Crippen LogP contribution in [0.5, 0.6) is 0 Å². The molecule has 0 spiro atoms. The molecule has 138 valence electrons. The molecule has 1 aromatic heterocycles. The number of piperazine rings is 1. The van der Waals surface area contributed by atoms with Crippen LogP contribution < -0.4 is 10.2 Å². The van der Waals surface area contributed by atoms with E-state index in [1.165, 1.54) is 0 Å². The number of nitrogens with one attached hydrogen (secondary N) is 1.